The molecule has 19 heavy (non-hydrogen) atoms. The van der Waals surface area contributed by atoms with Gasteiger partial charge in [0.25, 0.3) is 0 Å². The van der Waals surface area contributed by atoms with E-state index in [2.05, 4.69) is 48.7 Å². The van der Waals surface area contributed by atoms with Gasteiger partial charge in [0.1, 0.15) is 0 Å². The minimum absolute atomic E-state index is 0.0447. The van der Waals surface area contributed by atoms with Crippen molar-refractivity contribution in [3.05, 3.63) is 35.4 Å². The minimum atomic E-state index is -0.0447. The van der Waals surface area contributed by atoms with Gasteiger partial charge in [-0.2, -0.15) is 0 Å². The minimum Gasteiger partial charge on any atom is -0.338 e. The number of nitrogens with one attached hydrogen (secondary N) is 2. The summed E-state index contributed by atoms with van der Waals surface area (Å²) in [7, 11) is 0. The Morgan fingerprint density at radius 2 is 2.11 bits per heavy atom. The molecule has 1 aliphatic carbocycles. The van der Waals surface area contributed by atoms with Crippen molar-refractivity contribution in [3.63, 3.8) is 0 Å². The lowest BCUT2D eigenvalue weighted by Crippen LogP contribution is -2.39. The third kappa shape index (κ3) is 3.98. The molecular formula is C16H24N2O. The van der Waals surface area contributed by atoms with Crippen molar-refractivity contribution in [2.75, 3.05) is 13.1 Å². The van der Waals surface area contributed by atoms with Gasteiger partial charge in [0.2, 0.25) is 0 Å². The lowest BCUT2D eigenvalue weighted by Gasteiger charge is -2.25. The zero-order valence-corrected chi connectivity index (χ0v) is 11.9. The molecule has 0 heterocycles. The number of carbonyl (C=O) groups excluding carboxylic acids is 1. The van der Waals surface area contributed by atoms with Crippen LogP contribution in [0.4, 0.5) is 4.79 Å². The average Bonchev–Trinajstić information content (AvgIpc) is 2.42. The van der Waals surface area contributed by atoms with Crippen LogP contribution >= 0.6 is 0 Å². The highest BCUT2D eigenvalue weighted by Gasteiger charge is 2.19. The molecule has 0 unspecified atom stereocenters. The molecule has 0 aliphatic heterocycles. The smallest absolute Gasteiger partial charge is 0.314 e. The van der Waals surface area contributed by atoms with Gasteiger partial charge in [0.05, 0.1) is 0 Å². The number of fused-ring (bicyclic) bond motifs is 1. The molecule has 0 aromatic heterocycles. The van der Waals surface area contributed by atoms with Crippen molar-refractivity contribution in [2.24, 2.45) is 5.92 Å². The van der Waals surface area contributed by atoms with Gasteiger partial charge >= 0.3 is 6.03 Å². The summed E-state index contributed by atoms with van der Waals surface area (Å²) in [6.45, 7) is 5.66. The van der Waals surface area contributed by atoms with Crippen LogP contribution in [0.5, 0.6) is 0 Å². The number of hydrogen-bond acceptors (Lipinski definition) is 1. The van der Waals surface area contributed by atoms with Gasteiger partial charge in [0.15, 0.2) is 0 Å². The molecule has 2 N–H and O–H groups in total. The van der Waals surface area contributed by atoms with Crippen LogP contribution in [0.15, 0.2) is 24.3 Å². The van der Waals surface area contributed by atoms with Gasteiger partial charge in [-0.3, -0.25) is 0 Å². The molecule has 3 heteroatoms. The fourth-order valence-electron chi connectivity index (χ4n) is 2.64. The van der Waals surface area contributed by atoms with Crippen LogP contribution < -0.4 is 10.6 Å². The van der Waals surface area contributed by atoms with E-state index >= 15 is 0 Å². The van der Waals surface area contributed by atoms with Crippen LogP contribution in [-0.2, 0) is 6.42 Å². The summed E-state index contributed by atoms with van der Waals surface area (Å²) in [4.78, 5) is 11.7. The van der Waals surface area contributed by atoms with Crippen LogP contribution in [0.2, 0.25) is 0 Å². The Hall–Kier alpha value is -1.51. The van der Waals surface area contributed by atoms with E-state index in [9.17, 15) is 4.79 Å². The summed E-state index contributed by atoms with van der Waals surface area (Å²) >= 11 is 0. The van der Waals surface area contributed by atoms with E-state index in [0.717, 1.165) is 13.1 Å². The molecule has 0 spiro atoms. The highest BCUT2D eigenvalue weighted by atomic mass is 16.2. The van der Waals surface area contributed by atoms with Gasteiger partial charge in [0, 0.05) is 19.0 Å². The molecule has 104 valence electrons. The third-order valence-corrected chi connectivity index (χ3v) is 3.67. The van der Waals surface area contributed by atoms with Gasteiger partial charge in [-0.15, -0.1) is 0 Å². The summed E-state index contributed by atoms with van der Waals surface area (Å²) < 4.78 is 0. The Labute approximate surface area is 115 Å². The number of hydrogen-bond donors (Lipinski definition) is 2. The molecule has 0 saturated carbocycles. The predicted octanol–water partition coefficient (Wildman–Crippen LogP) is 3.06. The van der Waals surface area contributed by atoms with E-state index in [1.807, 2.05) is 0 Å². The number of urea groups is 1. The van der Waals surface area contributed by atoms with E-state index in [-0.39, 0.29) is 6.03 Å². The predicted molar refractivity (Wildman–Crippen MR) is 78.4 cm³/mol. The summed E-state index contributed by atoms with van der Waals surface area (Å²) in [5.41, 5.74) is 2.86. The summed E-state index contributed by atoms with van der Waals surface area (Å²) in [6, 6.07) is 8.56. The normalized spacial score (nSPS) is 17.9. The van der Waals surface area contributed by atoms with Crippen LogP contribution in [-0.4, -0.2) is 19.1 Å². The second-order valence-corrected chi connectivity index (χ2v) is 5.77. The quantitative estimate of drug-likeness (QED) is 0.858. The second kappa shape index (κ2) is 6.60. The maximum atomic E-state index is 11.7. The molecule has 1 atom stereocenters. The second-order valence-electron chi connectivity index (χ2n) is 5.77. The number of carbonyl (C=O) groups is 1. The first-order valence-corrected chi connectivity index (χ1v) is 7.26. The van der Waals surface area contributed by atoms with Gasteiger partial charge in [-0.05, 0) is 36.3 Å². The van der Waals surface area contributed by atoms with Crippen molar-refractivity contribution in [3.8, 4) is 0 Å². The monoisotopic (exact) mass is 260 g/mol. The zero-order chi connectivity index (χ0) is 13.7. The number of aryl methyl sites for hydroxylation is 1. The van der Waals surface area contributed by atoms with E-state index in [0.29, 0.717) is 11.8 Å². The summed E-state index contributed by atoms with van der Waals surface area (Å²) in [5, 5.41) is 5.89. The first kappa shape index (κ1) is 13.9. The molecule has 1 aromatic carbocycles. The highest BCUT2D eigenvalue weighted by molar-refractivity contribution is 5.73. The molecule has 1 aromatic rings. The fourth-order valence-corrected chi connectivity index (χ4v) is 2.64. The zero-order valence-electron chi connectivity index (χ0n) is 11.9. The summed E-state index contributed by atoms with van der Waals surface area (Å²) in [6.07, 6.45) is 3.56. The molecule has 2 rings (SSSR count). The molecule has 0 radical (unpaired) electrons. The van der Waals surface area contributed by atoms with Crippen molar-refractivity contribution in [1.29, 1.82) is 0 Å². The van der Waals surface area contributed by atoms with Crippen LogP contribution in [0, 0.1) is 5.92 Å². The van der Waals surface area contributed by atoms with Gasteiger partial charge < -0.3 is 10.6 Å². The maximum absolute atomic E-state index is 11.7. The lowest BCUT2D eigenvalue weighted by atomic mass is 9.83. The fraction of sp³-hybridized carbons (Fsp3) is 0.562. The van der Waals surface area contributed by atoms with Crippen LogP contribution in [0.1, 0.15) is 43.7 Å². The average molecular weight is 260 g/mol. The molecule has 3 nitrogen and oxygen atoms in total. The standard InChI is InChI=1S/C16H24N2O/c1-12(2)10-17-16(19)18-11-14-8-5-7-13-6-3-4-9-15(13)14/h3-4,6,9,12,14H,5,7-8,10-11H2,1-2H3,(H2,17,18,19)/t14-/m0/s1. The van der Waals surface area contributed by atoms with Crippen molar-refractivity contribution < 1.29 is 4.79 Å². The van der Waals surface area contributed by atoms with Crippen molar-refractivity contribution >= 4 is 6.03 Å². The first-order valence-electron chi connectivity index (χ1n) is 7.26. The molecule has 0 fully saturated rings. The maximum Gasteiger partial charge on any atom is 0.314 e. The molecular weight excluding hydrogens is 236 g/mol. The Kier molecular flexibility index (Phi) is 4.83. The van der Waals surface area contributed by atoms with E-state index < -0.39 is 0 Å². The van der Waals surface area contributed by atoms with Gasteiger partial charge in [-0.1, -0.05) is 38.1 Å². The molecule has 0 saturated heterocycles. The molecule has 2 amide bonds. The third-order valence-electron chi connectivity index (χ3n) is 3.67. The Balaban J connectivity index is 1.86. The van der Waals surface area contributed by atoms with Crippen LogP contribution in [0.25, 0.3) is 0 Å². The SMILES string of the molecule is CC(C)CNC(=O)NC[C@@H]1CCCc2ccccc21. The number of benzene rings is 1. The highest BCUT2D eigenvalue weighted by Crippen LogP contribution is 2.30. The Morgan fingerprint density at radius 1 is 1.32 bits per heavy atom. The Morgan fingerprint density at radius 3 is 2.89 bits per heavy atom. The molecule has 0 bridgehead atoms. The molecule has 1 aliphatic rings. The van der Waals surface area contributed by atoms with E-state index in [4.69, 9.17) is 0 Å². The van der Waals surface area contributed by atoms with Crippen molar-refractivity contribution in [2.45, 2.75) is 39.0 Å². The Bertz CT molecular complexity index is 429. The number of rotatable bonds is 4. The summed E-state index contributed by atoms with van der Waals surface area (Å²) in [5.74, 6) is 0.955. The van der Waals surface area contributed by atoms with E-state index in [1.165, 1.54) is 30.4 Å². The lowest BCUT2D eigenvalue weighted by molar-refractivity contribution is 0.238. The van der Waals surface area contributed by atoms with Gasteiger partial charge in [-0.25, -0.2) is 4.79 Å². The van der Waals surface area contributed by atoms with Crippen LogP contribution in [0.3, 0.4) is 0 Å². The largest absolute Gasteiger partial charge is 0.338 e. The van der Waals surface area contributed by atoms with E-state index in [1.54, 1.807) is 0 Å². The first-order chi connectivity index (χ1) is 9.16. The topological polar surface area (TPSA) is 41.1 Å². The van der Waals surface area contributed by atoms with Crippen molar-refractivity contribution in [1.82, 2.24) is 10.6 Å². The number of amides is 2.